The van der Waals surface area contributed by atoms with E-state index in [2.05, 4.69) is 5.32 Å². The Morgan fingerprint density at radius 2 is 2.26 bits per heavy atom. The minimum absolute atomic E-state index is 0.150. The van der Waals surface area contributed by atoms with Gasteiger partial charge < -0.3 is 15.2 Å². The third kappa shape index (κ3) is 5.18. The molecule has 0 amide bonds. The summed E-state index contributed by atoms with van der Waals surface area (Å²) >= 11 is 7.28. The molecule has 0 bridgehead atoms. The first-order valence-corrected chi connectivity index (χ1v) is 7.17. The Balaban J connectivity index is 2.54. The summed E-state index contributed by atoms with van der Waals surface area (Å²) < 4.78 is 5.08. The number of carboxylic acids is 1. The topological polar surface area (TPSA) is 75.6 Å². The van der Waals surface area contributed by atoms with E-state index in [0.29, 0.717) is 28.6 Å². The van der Waals surface area contributed by atoms with Crippen molar-refractivity contribution in [3.8, 4) is 0 Å². The number of carbonyl (C=O) groups excluding carboxylic acids is 1. The zero-order chi connectivity index (χ0) is 14.3. The minimum Gasteiger partial charge on any atom is -0.480 e. The van der Waals surface area contributed by atoms with Gasteiger partial charge in [0, 0.05) is 6.54 Å². The quantitative estimate of drug-likeness (QED) is 0.570. The number of aliphatic carboxylic acids is 1. The van der Waals surface area contributed by atoms with E-state index in [1.54, 1.807) is 5.38 Å². The summed E-state index contributed by atoms with van der Waals surface area (Å²) in [7, 11) is 0. The zero-order valence-electron chi connectivity index (χ0n) is 10.6. The standard InChI is InChI=1S/C12H16ClNO4S/c1-2-3-4-18-12(17)11-10(13)8(7-19-11)5-14-6-9(15)16/h7,14H,2-6H2,1H3,(H,15,16). The molecule has 0 aromatic carbocycles. The molecule has 1 aromatic heterocycles. The van der Waals surface area contributed by atoms with E-state index in [0.717, 1.165) is 12.8 Å². The molecule has 2 N–H and O–H groups in total. The molecule has 1 heterocycles. The highest BCUT2D eigenvalue weighted by Gasteiger charge is 2.17. The summed E-state index contributed by atoms with van der Waals surface area (Å²) in [6.07, 6.45) is 1.78. The second kappa shape index (κ2) is 8.14. The maximum atomic E-state index is 11.7. The van der Waals surface area contributed by atoms with Crippen molar-refractivity contribution in [1.82, 2.24) is 5.32 Å². The SMILES string of the molecule is CCCCOC(=O)c1scc(CNCC(=O)O)c1Cl. The fourth-order valence-corrected chi connectivity index (χ4v) is 2.56. The van der Waals surface area contributed by atoms with Crippen molar-refractivity contribution in [3.05, 3.63) is 20.8 Å². The van der Waals surface area contributed by atoms with Gasteiger partial charge in [-0.25, -0.2) is 4.79 Å². The lowest BCUT2D eigenvalue weighted by Crippen LogP contribution is -2.21. The van der Waals surface area contributed by atoms with Crippen LogP contribution in [-0.4, -0.2) is 30.2 Å². The Morgan fingerprint density at radius 3 is 2.89 bits per heavy atom. The van der Waals surface area contributed by atoms with Crippen molar-refractivity contribution in [2.24, 2.45) is 0 Å². The van der Waals surface area contributed by atoms with Gasteiger partial charge in [-0.3, -0.25) is 4.79 Å². The normalized spacial score (nSPS) is 10.4. The van der Waals surface area contributed by atoms with Gasteiger partial charge >= 0.3 is 11.9 Å². The molecule has 0 atom stereocenters. The largest absolute Gasteiger partial charge is 0.480 e. The summed E-state index contributed by atoms with van der Waals surface area (Å²) in [4.78, 5) is 22.5. The number of ether oxygens (including phenoxy) is 1. The van der Waals surface area contributed by atoms with E-state index in [-0.39, 0.29) is 6.54 Å². The number of carboxylic acid groups (broad SMARTS) is 1. The van der Waals surface area contributed by atoms with Gasteiger partial charge in [-0.2, -0.15) is 0 Å². The number of rotatable bonds is 8. The van der Waals surface area contributed by atoms with Crippen molar-refractivity contribution >= 4 is 34.9 Å². The average molecular weight is 306 g/mol. The number of carbonyl (C=O) groups is 2. The molecule has 1 aromatic rings. The van der Waals surface area contributed by atoms with Crippen LogP contribution in [0.1, 0.15) is 35.0 Å². The first-order chi connectivity index (χ1) is 9.06. The van der Waals surface area contributed by atoms with Crippen LogP contribution in [-0.2, 0) is 16.1 Å². The number of hydrogen-bond acceptors (Lipinski definition) is 5. The van der Waals surface area contributed by atoms with Gasteiger partial charge in [0.15, 0.2) is 0 Å². The molecule has 7 heteroatoms. The van der Waals surface area contributed by atoms with Gasteiger partial charge in [0.1, 0.15) is 4.88 Å². The van der Waals surface area contributed by atoms with Crippen LogP contribution in [0.25, 0.3) is 0 Å². The summed E-state index contributed by atoms with van der Waals surface area (Å²) in [6.45, 7) is 2.56. The molecule has 0 saturated heterocycles. The molecular weight excluding hydrogens is 290 g/mol. The molecule has 19 heavy (non-hydrogen) atoms. The molecule has 0 aliphatic rings. The number of esters is 1. The van der Waals surface area contributed by atoms with Crippen LogP contribution < -0.4 is 5.32 Å². The molecule has 0 spiro atoms. The predicted octanol–water partition coefficient (Wildman–Crippen LogP) is 2.53. The summed E-state index contributed by atoms with van der Waals surface area (Å²) in [6, 6.07) is 0. The monoisotopic (exact) mass is 305 g/mol. The number of unbranched alkanes of at least 4 members (excludes halogenated alkanes) is 1. The highest BCUT2D eigenvalue weighted by atomic mass is 35.5. The van der Waals surface area contributed by atoms with Crippen LogP contribution in [0.5, 0.6) is 0 Å². The van der Waals surface area contributed by atoms with Crippen molar-refractivity contribution in [2.75, 3.05) is 13.2 Å². The molecule has 106 valence electrons. The number of hydrogen-bond donors (Lipinski definition) is 2. The second-order valence-corrected chi connectivity index (χ2v) is 5.15. The second-order valence-electron chi connectivity index (χ2n) is 3.89. The van der Waals surface area contributed by atoms with E-state index < -0.39 is 11.9 Å². The lowest BCUT2D eigenvalue weighted by molar-refractivity contribution is -0.136. The van der Waals surface area contributed by atoms with E-state index in [4.69, 9.17) is 21.4 Å². The molecule has 0 unspecified atom stereocenters. The van der Waals surface area contributed by atoms with Gasteiger partial charge in [0.25, 0.3) is 0 Å². The first-order valence-electron chi connectivity index (χ1n) is 5.91. The third-order valence-electron chi connectivity index (χ3n) is 2.31. The molecule has 0 saturated carbocycles. The summed E-state index contributed by atoms with van der Waals surface area (Å²) in [5.74, 6) is -1.36. The highest BCUT2D eigenvalue weighted by molar-refractivity contribution is 7.12. The Kier molecular flexibility index (Phi) is 6.83. The van der Waals surface area contributed by atoms with Gasteiger partial charge in [0.2, 0.25) is 0 Å². The summed E-state index contributed by atoms with van der Waals surface area (Å²) in [5, 5.41) is 13.3. The van der Waals surface area contributed by atoms with Crippen molar-refractivity contribution in [3.63, 3.8) is 0 Å². The Labute approximate surface area is 120 Å². The minimum atomic E-state index is -0.939. The number of halogens is 1. The van der Waals surface area contributed by atoms with Crippen LogP contribution >= 0.6 is 22.9 Å². The molecular formula is C12H16ClNO4S. The lowest BCUT2D eigenvalue weighted by atomic mass is 10.3. The summed E-state index contributed by atoms with van der Waals surface area (Å²) in [5.41, 5.74) is 0.704. The smallest absolute Gasteiger partial charge is 0.349 e. The van der Waals surface area contributed by atoms with Gasteiger partial charge in [0.05, 0.1) is 18.2 Å². The van der Waals surface area contributed by atoms with Crippen molar-refractivity contribution in [1.29, 1.82) is 0 Å². The molecule has 0 aliphatic carbocycles. The van der Waals surface area contributed by atoms with E-state index in [1.165, 1.54) is 11.3 Å². The number of nitrogens with one attached hydrogen (secondary N) is 1. The maximum absolute atomic E-state index is 11.7. The highest BCUT2D eigenvalue weighted by Crippen LogP contribution is 2.28. The molecule has 0 fully saturated rings. The number of thiophene rings is 1. The van der Waals surface area contributed by atoms with E-state index >= 15 is 0 Å². The molecule has 0 radical (unpaired) electrons. The zero-order valence-corrected chi connectivity index (χ0v) is 12.1. The lowest BCUT2D eigenvalue weighted by Gasteiger charge is -2.03. The maximum Gasteiger partial charge on any atom is 0.349 e. The van der Waals surface area contributed by atoms with Crippen LogP contribution in [0, 0.1) is 0 Å². The Morgan fingerprint density at radius 1 is 1.53 bits per heavy atom. The molecule has 1 rings (SSSR count). The third-order valence-corrected chi connectivity index (χ3v) is 3.86. The van der Waals surface area contributed by atoms with Gasteiger partial charge in [-0.05, 0) is 17.4 Å². The van der Waals surface area contributed by atoms with Crippen LogP contribution in [0.2, 0.25) is 5.02 Å². The molecule has 0 aliphatic heterocycles. The first kappa shape index (κ1) is 15.9. The van der Waals surface area contributed by atoms with E-state index in [1.807, 2.05) is 6.92 Å². The fourth-order valence-electron chi connectivity index (χ4n) is 1.32. The van der Waals surface area contributed by atoms with Crippen LogP contribution in [0.4, 0.5) is 0 Å². The average Bonchev–Trinajstić information content (AvgIpc) is 2.71. The van der Waals surface area contributed by atoms with Crippen LogP contribution in [0.15, 0.2) is 5.38 Å². The molecule has 5 nitrogen and oxygen atoms in total. The van der Waals surface area contributed by atoms with E-state index in [9.17, 15) is 9.59 Å². The van der Waals surface area contributed by atoms with Gasteiger partial charge in [-0.1, -0.05) is 24.9 Å². The van der Waals surface area contributed by atoms with Crippen LogP contribution in [0.3, 0.4) is 0 Å². The Bertz CT molecular complexity index is 447. The Hall–Kier alpha value is -1.11. The van der Waals surface area contributed by atoms with Gasteiger partial charge in [-0.15, -0.1) is 11.3 Å². The fraction of sp³-hybridized carbons (Fsp3) is 0.500. The van der Waals surface area contributed by atoms with Crippen molar-refractivity contribution in [2.45, 2.75) is 26.3 Å². The van der Waals surface area contributed by atoms with Crippen molar-refractivity contribution < 1.29 is 19.4 Å². The predicted molar refractivity (Wildman–Crippen MR) is 73.9 cm³/mol.